The first-order valence-electron chi connectivity index (χ1n) is 8.38. The van der Waals surface area contributed by atoms with Crippen LogP contribution in [-0.2, 0) is 0 Å². The highest BCUT2D eigenvalue weighted by molar-refractivity contribution is 7.17. The van der Waals surface area contributed by atoms with E-state index in [0.717, 1.165) is 44.4 Å². The summed E-state index contributed by atoms with van der Waals surface area (Å²) < 4.78 is 5.27. The number of nitrogens with one attached hydrogen (secondary N) is 1. The van der Waals surface area contributed by atoms with E-state index < -0.39 is 0 Å². The molecule has 0 amide bonds. The van der Waals surface area contributed by atoms with Crippen LogP contribution in [0.1, 0.15) is 11.4 Å². The average molecular weight is 361 g/mol. The minimum absolute atomic E-state index is 0.759. The quantitative estimate of drug-likeness (QED) is 0.504. The Kier molecular flexibility index (Phi) is 4.31. The summed E-state index contributed by atoms with van der Waals surface area (Å²) in [5.74, 6) is 2.44. The Balaban J connectivity index is 1.83. The molecule has 0 aliphatic heterocycles. The molecule has 1 N–H and O–H groups in total. The second-order valence-electron chi connectivity index (χ2n) is 6.17. The van der Waals surface area contributed by atoms with Crippen molar-refractivity contribution >= 4 is 33.1 Å². The number of fused-ring (bicyclic) bond motifs is 1. The lowest BCUT2D eigenvalue weighted by molar-refractivity contribution is 0.415. The topological polar surface area (TPSA) is 47.0 Å². The van der Waals surface area contributed by atoms with Gasteiger partial charge in [0.25, 0.3) is 0 Å². The summed E-state index contributed by atoms with van der Waals surface area (Å²) in [4.78, 5) is 10.3. The molecule has 2 aromatic heterocycles. The van der Waals surface area contributed by atoms with Crippen LogP contribution in [0.3, 0.4) is 0 Å². The van der Waals surface area contributed by atoms with Crippen molar-refractivity contribution < 1.29 is 4.74 Å². The van der Waals surface area contributed by atoms with Gasteiger partial charge in [-0.2, -0.15) is 0 Å². The highest BCUT2D eigenvalue weighted by Crippen LogP contribution is 2.38. The first kappa shape index (κ1) is 16.5. The Bertz CT molecular complexity index is 1050. The number of benzene rings is 2. The van der Waals surface area contributed by atoms with E-state index in [1.54, 1.807) is 18.4 Å². The van der Waals surface area contributed by atoms with Gasteiger partial charge < -0.3 is 10.1 Å². The van der Waals surface area contributed by atoms with E-state index in [1.807, 2.05) is 19.1 Å². The third kappa shape index (κ3) is 3.13. The van der Waals surface area contributed by atoms with Crippen LogP contribution in [0.4, 0.5) is 11.5 Å². The monoisotopic (exact) mass is 361 g/mol. The molecule has 5 heteroatoms. The van der Waals surface area contributed by atoms with Crippen molar-refractivity contribution in [2.45, 2.75) is 13.8 Å². The first-order valence-corrected chi connectivity index (χ1v) is 9.26. The molecule has 0 spiro atoms. The van der Waals surface area contributed by atoms with E-state index in [9.17, 15) is 0 Å². The average Bonchev–Trinajstić information content (AvgIpc) is 3.07. The molecule has 2 aromatic carbocycles. The number of methoxy groups -OCH3 is 1. The highest BCUT2D eigenvalue weighted by atomic mass is 32.1. The van der Waals surface area contributed by atoms with Crippen molar-refractivity contribution in [3.05, 3.63) is 65.3 Å². The largest absolute Gasteiger partial charge is 0.497 e. The van der Waals surface area contributed by atoms with Crippen LogP contribution in [0.2, 0.25) is 0 Å². The Morgan fingerprint density at radius 1 is 0.923 bits per heavy atom. The van der Waals surface area contributed by atoms with Gasteiger partial charge in [-0.15, -0.1) is 11.3 Å². The summed E-state index contributed by atoms with van der Waals surface area (Å²) in [6.07, 6.45) is 0. The van der Waals surface area contributed by atoms with Crippen LogP contribution < -0.4 is 10.1 Å². The molecule has 4 rings (SSSR count). The van der Waals surface area contributed by atoms with Crippen molar-refractivity contribution in [3.8, 4) is 16.9 Å². The maximum Gasteiger partial charge on any atom is 0.143 e. The van der Waals surface area contributed by atoms with Crippen LogP contribution in [0.15, 0.2) is 53.9 Å². The molecule has 2 heterocycles. The van der Waals surface area contributed by atoms with E-state index in [-0.39, 0.29) is 0 Å². The van der Waals surface area contributed by atoms with E-state index in [0.29, 0.717) is 0 Å². The minimum Gasteiger partial charge on any atom is -0.497 e. The van der Waals surface area contributed by atoms with E-state index >= 15 is 0 Å². The number of anilines is 2. The molecule has 0 atom stereocenters. The highest BCUT2D eigenvalue weighted by Gasteiger charge is 2.14. The molecule has 0 unspecified atom stereocenters. The minimum atomic E-state index is 0.759. The van der Waals surface area contributed by atoms with Crippen LogP contribution in [0.5, 0.6) is 5.75 Å². The Morgan fingerprint density at radius 2 is 1.65 bits per heavy atom. The number of rotatable bonds is 4. The molecule has 0 radical (unpaired) electrons. The zero-order chi connectivity index (χ0) is 18.1. The Hall–Kier alpha value is -2.92. The molecule has 4 nitrogen and oxygen atoms in total. The van der Waals surface area contributed by atoms with Gasteiger partial charge in [0, 0.05) is 16.6 Å². The van der Waals surface area contributed by atoms with Gasteiger partial charge in [0.15, 0.2) is 0 Å². The fourth-order valence-electron chi connectivity index (χ4n) is 2.90. The van der Waals surface area contributed by atoms with Gasteiger partial charge in [0.2, 0.25) is 0 Å². The van der Waals surface area contributed by atoms with Gasteiger partial charge in [-0.3, -0.25) is 0 Å². The van der Waals surface area contributed by atoms with Crippen LogP contribution in [0.25, 0.3) is 21.3 Å². The van der Waals surface area contributed by atoms with Crippen LogP contribution in [-0.4, -0.2) is 17.1 Å². The third-order valence-corrected chi connectivity index (χ3v) is 5.13. The van der Waals surface area contributed by atoms with E-state index in [1.165, 1.54) is 5.56 Å². The van der Waals surface area contributed by atoms with Crippen LogP contribution in [0, 0.1) is 13.8 Å². The standard InChI is InChI=1S/C21H19N3OS/c1-13-4-8-16(9-5-13)24-20-19-18(12-26-21(19)23-14(2)22-20)15-6-10-17(25-3)11-7-15/h4-12H,1-3H3,(H,22,23,24). The summed E-state index contributed by atoms with van der Waals surface area (Å²) in [6.45, 7) is 4.00. The number of ether oxygens (including phenoxy) is 1. The fraction of sp³-hybridized carbons (Fsp3) is 0.143. The number of aromatic nitrogens is 2. The second-order valence-corrected chi connectivity index (χ2v) is 7.03. The third-order valence-electron chi connectivity index (χ3n) is 4.26. The van der Waals surface area contributed by atoms with E-state index in [2.05, 4.69) is 64.0 Å². The lowest BCUT2D eigenvalue weighted by Crippen LogP contribution is -1.98. The van der Waals surface area contributed by atoms with Gasteiger partial charge >= 0.3 is 0 Å². The zero-order valence-corrected chi connectivity index (χ0v) is 15.7. The second kappa shape index (κ2) is 6.77. The molecule has 0 aliphatic carbocycles. The summed E-state index contributed by atoms with van der Waals surface area (Å²) >= 11 is 1.64. The summed E-state index contributed by atoms with van der Waals surface area (Å²) in [7, 11) is 1.68. The van der Waals surface area contributed by atoms with Gasteiger partial charge in [-0.25, -0.2) is 9.97 Å². The number of hydrogen-bond donors (Lipinski definition) is 1. The maximum atomic E-state index is 5.27. The van der Waals surface area contributed by atoms with Gasteiger partial charge in [0.05, 0.1) is 12.5 Å². The molecule has 4 aromatic rings. The smallest absolute Gasteiger partial charge is 0.143 e. The number of hydrogen-bond acceptors (Lipinski definition) is 5. The van der Waals surface area contributed by atoms with Crippen LogP contribution >= 0.6 is 11.3 Å². The van der Waals surface area contributed by atoms with Gasteiger partial charge in [-0.05, 0) is 43.7 Å². The first-order chi connectivity index (χ1) is 12.6. The molecule has 130 valence electrons. The molecule has 0 fully saturated rings. The molecule has 0 bridgehead atoms. The SMILES string of the molecule is COc1ccc(-c2csc3nc(C)nc(Nc4ccc(C)cc4)c23)cc1. The number of nitrogens with zero attached hydrogens (tertiary/aromatic N) is 2. The molecule has 0 aliphatic rings. The Morgan fingerprint density at radius 3 is 2.35 bits per heavy atom. The number of thiophene rings is 1. The maximum absolute atomic E-state index is 5.27. The van der Waals surface area contributed by atoms with Crippen molar-refractivity contribution in [2.75, 3.05) is 12.4 Å². The van der Waals surface area contributed by atoms with Gasteiger partial charge in [-0.1, -0.05) is 29.8 Å². The molecular formula is C21H19N3OS. The molecule has 0 saturated carbocycles. The fourth-order valence-corrected chi connectivity index (χ4v) is 3.89. The predicted molar refractivity (Wildman–Crippen MR) is 109 cm³/mol. The summed E-state index contributed by atoms with van der Waals surface area (Å²) in [5, 5.41) is 6.65. The zero-order valence-electron chi connectivity index (χ0n) is 14.9. The van der Waals surface area contributed by atoms with Gasteiger partial charge in [0.1, 0.15) is 22.2 Å². The molecular weight excluding hydrogens is 342 g/mol. The summed E-state index contributed by atoms with van der Waals surface area (Å²) in [5.41, 5.74) is 4.50. The lowest BCUT2D eigenvalue weighted by Gasteiger charge is -2.10. The lowest BCUT2D eigenvalue weighted by atomic mass is 10.1. The van der Waals surface area contributed by atoms with Crippen molar-refractivity contribution in [1.82, 2.24) is 9.97 Å². The molecule has 26 heavy (non-hydrogen) atoms. The molecule has 0 saturated heterocycles. The normalized spacial score (nSPS) is 10.9. The van der Waals surface area contributed by atoms with E-state index in [4.69, 9.17) is 4.74 Å². The van der Waals surface area contributed by atoms with Crippen molar-refractivity contribution in [3.63, 3.8) is 0 Å². The summed E-state index contributed by atoms with van der Waals surface area (Å²) in [6, 6.07) is 16.4. The predicted octanol–water partition coefficient (Wildman–Crippen LogP) is 5.73. The number of aryl methyl sites for hydroxylation is 2. The van der Waals surface area contributed by atoms with Crippen molar-refractivity contribution in [2.24, 2.45) is 0 Å². The van der Waals surface area contributed by atoms with Crippen molar-refractivity contribution in [1.29, 1.82) is 0 Å². The Labute approximate surface area is 156 Å².